The van der Waals surface area contributed by atoms with Gasteiger partial charge in [0.05, 0.1) is 6.10 Å². The SMILES string of the molecule is CC(F)(CC[C@H](C[C@@H](O)CCc1ccccc1)C(=O)NCCc1cccs1)C(N)=O. The van der Waals surface area contributed by atoms with Gasteiger partial charge in [0.15, 0.2) is 5.67 Å². The molecule has 0 aliphatic heterocycles. The van der Waals surface area contributed by atoms with Crippen molar-refractivity contribution in [1.29, 1.82) is 0 Å². The standard InChI is InChI=1S/C23H31FN2O3S/c1-23(24,22(25)29)13-11-18(21(28)26-14-12-20-8-5-15-30-20)16-19(27)10-9-17-6-3-2-4-7-17/h2-8,15,18-19,27H,9-14,16H2,1H3,(H2,25,29)(H,26,28)/t18-,19+,23?/m1/s1. The average molecular weight is 435 g/mol. The van der Waals surface area contributed by atoms with Crippen LogP contribution in [-0.2, 0) is 22.4 Å². The van der Waals surface area contributed by atoms with Crippen LogP contribution in [0.2, 0.25) is 0 Å². The van der Waals surface area contributed by atoms with Crippen molar-refractivity contribution in [2.24, 2.45) is 11.7 Å². The minimum atomic E-state index is -2.18. The van der Waals surface area contributed by atoms with Crippen LogP contribution >= 0.6 is 11.3 Å². The predicted molar refractivity (Wildman–Crippen MR) is 118 cm³/mol. The lowest BCUT2D eigenvalue weighted by molar-refractivity contribution is -0.131. The van der Waals surface area contributed by atoms with Crippen LogP contribution in [0.5, 0.6) is 0 Å². The Bertz CT molecular complexity index is 781. The van der Waals surface area contributed by atoms with Crippen LogP contribution < -0.4 is 11.1 Å². The van der Waals surface area contributed by atoms with Gasteiger partial charge in [-0.2, -0.15) is 0 Å². The third kappa shape index (κ3) is 8.24. The van der Waals surface area contributed by atoms with Crippen LogP contribution in [0.4, 0.5) is 4.39 Å². The van der Waals surface area contributed by atoms with E-state index in [-0.39, 0.29) is 25.2 Å². The summed E-state index contributed by atoms with van der Waals surface area (Å²) in [5.41, 5.74) is 4.05. The number of aryl methyl sites for hydroxylation is 1. The van der Waals surface area contributed by atoms with Crippen molar-refractivity contribution in [3.05, 3.63) is 58.3 Å². The van der Waals surface area contributed by atoms with Crippen LogP contribution in [-0.4, -0.2) is 35.2 Å². The van der Waals surface area contributed by atoms with Crippen LogP contribution in [0.15, 0.2) is 47.8 Å². The first-order chi connectivity index (χ1) is 14.3. The molecule has 1 heterocycles. The quantitative estimate of drug-likeness (QED) is 0.451. The number of hydrogen-bond acceptors (Lipinski definition) is 4. The first-order valence-electron chi connectivity index (χ1n) is 10.3. The molecule has 1 aromatic carbocycles. The van der Waals surface area contributed by atoms with Gasteiger partial charge in [0.25, 0.3) is 5.91 Å². The predicted octanol–water partition coefficient (Wildman–Crippen LogP) is 3.40. The molecule has 0 bridgehead atoms. The Morgan fingerprint density at radius 3 is 2.53 bits per heavy atom. The number of nitrogens with two attached hydrogens (primary N) is 1. The highest BCUT2D eigenvalue weighted by molar-refractivity contribution is 7.09. The van der Waals surface area contributed by atoms with Gasteiger partial charge in [-0.1, -0.05) is 36.4 Å². The summed E-state index contributed by atoms with van der Waals surface area (Å²) in [4.78, 5) is 25.2. The number of rotatable bonds is 13. The molecule has 0 saturated heterocycles. The Balaban J connectivity index is 1.90. The van der Waals surface area contributed by atoms with E-state index in [1.54, 1.807) is 11.3 Å². The van der Waals surface area contributed by atoms with Gasteiger partial charge in [-0.15, -0.1) is 11.3 Å². The number of hydrogen-bond donors (Lipinski definition) is 3. The number of carbonyl (C=O) groups is 2. The van der Waals surface area contributed by atoms with Gasteiger partial charge in [0.2, 0.25) is 5.91 Å². The normalized spacial score (nSPS) is 15.2. The Morgan fingerprint density at radius 1 is 1.17 bits per heavy atom. The van der Waals surface area contributed by atoms with E-state index in [2.05, 4.69) is 5.32 Å². The number of halogens is 1. The van der Waals surface area contributed by atoms with Gasteiger partial charge < -0.3 is 16.2 Å². The highest BCUT2D eigenvalue weighted by Crippen LogP contribution is 2.24. The molecule has 2 amide bonds. The largest absolute Gasteiger partial charge is 0.393 e. The molecular weight excluding hydrogens is 403 g/mol. The smallest absolute Gasteiger partial charge is 0.254 e. The van der Waals surface area contributed by atoms with E-state index >= 15 is 0 Å². The second kappa shape index (κ2) is 11.8. The molecule has 0 aliphatic carbocycles. The number of carbonyl (C=O) groups excluding carboxylic acids is 2. The molecule has 1 unspecified atom stereocenters. The number of nitrogens with one attached hydrogen (secondary N) is 1. The van der Waals surface area contributed by atoms with Crippen LogP contribution in [0.1, 0.15) is 43.0 Å². The number of thiophene rings is 1. The highest BCUT2D eigenvalue weighted by atomic mass is 32.1. The average Bonchev–Trinajstić information content (AvgIpc) is 3.23. The molecule has 3 atom stereocenters. The fraction of sp³-hybridized carbons (Fsp3) is 0.478. The van der Waals surface area contributed by atoms with Crippen molar-refractivity contribution < 1.29 is 19.1 Å². The molecule has 0 aliphatic rings. The lowest BCUT2D eigenvalue weighted by Crippen LogP contribution is -2.39. The number of primary amides is 1. The summed E-state index contributed by atoms with van der Waals surface area (Å²) >= 11 is 1.62. The molecule has 30 heavy (non-hydrogen) atoms. The zero-order chi connectivity index (χ0) is 22.0. The summed E-state index contributed by atoms with van der Waals surface area (Å²) in [7, 11) is 0. The number of benzene rings is 1. The third-order valence-electron chi connectivity index (χ3n) is 5.26. The van der Waals surface area contributed by atoms with E-state index < -0.39 is 23.6 Å². The number of aliphatic hydroxyl groups excluding tert-OH is 1. The Labute approximate surface area is 181 Å². The van der Waals surface area contributed by atoms with Gasteiger partial charge in [0, 0.05) is 17.3 Å². The molecule has 7 heteroatoms. The van der Waals surface area contributed by atoms with Crippen LogP contribution in [0.3, 0.4) is 0 Å². The monoisotopic (exact) mass is 434 g/mol. The lowest BCUT2D eigenvalue weighted by Gasteiger charge is -2.23. The van der Waals surface area contributed by atoms with Crippen molar-refractivity contribution in [3.63, 3.8) is 0 Å². The first kappa shape index (κ1) is 24.0. The van der Waals surface area contributed by atoms with Gasteiger partial charge in [-0.25, -0.2) is 4.39 Å². The summed E-state index contributed by atoms with van der Waals surface area (Å²) in [5.74, 6) is -1.86. The second-order valence-corrected chi connectivity index (χ2v) is 8.86. The molecule has 0 fully saturated rings. The Morgan fingerprint density at radius 2 is 1.90 bits per heavy atom. The van der Waals surface area contributed by atoms with Crippen molar-refractivity contribution in [2.45, 2.75) is 57.2 Å². The molecule has 0 radical (unpaired) electrons. The van der Waals surface area contributed by atoms with Gasteiger partial charge in [-0.05, 0) is 62.5 Å². The first-order valence-corrected chi connectivity index (χ1v) is 11.2. The minimum Gasteiger partial charge on any atom is -0.393 e. The Hall–Kier alpha value is -2.25. The maximum Gasteiger partial charge on any atom is 0.254 e. The Kier molecular flexibility index (Phi) is 9.46. The van der Waals surface area contributed by atoms with Crippen LogP contribution in [0.25, 0.3) is 0 Å². The molecule has 0 saturated carbocycles. The molecule has 5 nitrogen and oxygen atoms in total. The van der Waals surface area contributed by atoms with E-state index in [0.29, 0.717) is 19.4 Å². The summed E-state index contributed by atoms with van der Waals surface area (Å²) in [6, 6.07) is 13.8. The topological polar surface area (TPSA) is 92.4 Å². The number of aliphatic hydroxyl groups is 1. The molecule has 2 rings (SSSR count). The van der Waals surface area contributed by atoms with E-state index in [9.17, 15) is 19.1 Å². The lowest BCUT2D eigenvalue weighted by atomic mass is 9.88. The molecule has 0 spiro atoms. The molecule has 164 valence electrons. The number of amides is 2. The van der Waals surface area contributed by atoms with Crippen molar-refractivity contribution >= 4 is 23.2 Å². The third-order valence-corrected chi connectivity index (χ3v) is 6.20. The molecule has 4 N–H and O–H groups in total. The van der Waals surface area contributed by atoms with E-state index in [1.807, 2.05) is 47.8 Å². The number of alkyl halides is 1. The zero-order valence-electron chi connectivity index (χ0n) is 17.4. The molecular formula is C23H31FN2O3S. The molecule has 1 aromatic heterocycles. The van der Waals surface area contributed by atoms with Crippen molar-refractivity contribution in [2.75, 3.05) is 6.54 Å². The fourth-order valence-electron chi connectivity index (χ4n) is 3.26. The van der Waals surface area contributed by atoms with Crippen molar-refractivity contribution in [3.8, 4) is 0 Å². The van der Waals surface area contributed by atoms with Crippen molar-refractivity contribution in [1.82, 2.24) is 5.32 Å². The van der Waals surface area contributed by atoms with Gasteiger partial charge >= 0.3 is 0 Å². The summed E-state index contributed by atoms with van der Waals surface area (Å²) in [6.07, 6.45) is 1.42. The summed E-state index contributed by atoms with van der Waals surface area (Å²) in [5, 5.41) is 15.3. The minimum absolute atomic E-state index is 0.142. The van der Waals surface area contributed by atoms with E-state index in [4.69, 9.17) is 5.73 Å². The summed E-state index contributed by atoms with van der Waals surface area (Å²) in [6.45, 7) is 1.60. The fourth-order valence-corrected chi connectivity index (χ4v) is 3.97. The van der Waals surface area contributed by atoms with Gasteiger partial charge in [0.1, 0.15) is 0 Å². The maximum absolute atomic E-state index is 14.3. The zero-order valence-corrected chi connectivity index (χ0v) is 18.2. The van der Waals surface area contributed by atoms with Gasteiger partial charge in [-0.3, -0.25) is 9.59 Å². The maximum atomic E-state index is 14.3. The van der Waals surface area contributed by atoms with Crippen LogP contribution in [0, 0.1) is 5.92 Å². The second-order valence-electron chi connectivity index (χ2n) is 7.83. The molecule has 2 aromatic rings. The highest BCUT2D eigenvalue weighted by Gasteiger charge is 2.33. The van der Waals surface area contributed by atoms with E-state index in [0.717, 1.165) is 18.9 Å². The van der Waals surface area contributed by atoms with E-state index in [1.165, 1.54) is 4.88 Å². The summed E-state index contributed by atoms with van der Waals surface area (Å²) < 4.78 is 14.3.